The van der Waals surface area contributed by atoms with Crippen molar-refractivity contribution in [3.63, 3.8) is 0 Å². The van der Waals surface area contributed by atoms with Gasteiger partial charge in [0.15, 0.2) is 0 Å². The van der Waals surface area contributed by atoms with Gasteiger partial charge in [0.1, 0.15) is 12.4 Å². The third-order valence-corrected chi connectivity index (χ3v) is 4.68. The molecule has 0 fully saturated rings. The van der Waals surface area contributed by atoms with Crippen LogP contribution in [0.1, 0.15) is 19.2 Å². The minimum atomic E-state index is -0.126. The summed E-state index contributed by atoms with van der Waals surface area (Å²) in [5.41, 5.74) is 2.48. The van der Waals surface area contributed by atoms with Crippen LogP contribution in [-0.4, -0.2) is 27.9 Å². The molecule has 0 spiro atoms. The van der Waals surface area contributed by atoms with Crippen molar-refractivity contribution in [2.24, 2.45) is 0 Å². The molecule has 2 N–H and O–H groups in total. The van der Waals surface area contributed by atoms with Gasteiger partial charge in [-0.25, -0.2) is 4.98 Å². The average molecular weight is 429 g/mol. The minimum Gasteiger partial charge on any atom is -0.356 e. The van der Waals surface area contributed by atoms with E-state index in [9.17, 15) is 9.59 Å². The van der Waals surface area contributed by atoms with Gasteiger partial charge in [-0.05, 0) is 36.4 Å². The van der Waals surface area contributed by atoms with Gasteiger partial charge in [0.2, 0.25) is 11.8 Å². The van der Waals surface area contributed by atoms with Crippen LogP contribution < -0.4 is 10.6 Å². The lowest BCUT2D eigenvalue weighted by atomic mass is 10.3. The van der Waals surface area contributed by atoms with E-state index >= 15 is 0 Å². The monoisotopic (exact) mass is 428 g/mol. The number of carbonyl (C=O) groups excluding carboxylic acids is 2. The maximum Gasteiger partial charge on any atom is 0.244 e. The number of para-hydroxylation sites is 2. The number of hydrogen-bond donors (Lipinski definition) is 2. The van der Waals surface area contributed by atoms with Crippen LogP contribution in [0.2, 0.25) is 0 Å². The minimum absolute atomic E-state index is 0.00522. The molecule has 0 aliphatic carbocycles. The predicted octanol–water partition coefficient (Wildman–Crippen LogP) is 3.51. The summed E-state index contributed by atoms with van der Waals surface area (Å²) in [5, 5.41) is 5.76. The molecular formula is C20H21BrN4O2. The smallest absolute Gasteiger partial charge is 0.244 e. The van der Waals surface area contributed by atoms with E-state index in [-0.39, 0.29) is 18.4 Å². The summed E-state index contributed by atoms with van der Waals surface area (Å²) < 4.78 is 2.86. The Morgan fingerprint density at radius 3 is 2.56 bits per heavy atom. The van der Waals surface area contributed by atoms with Crippen LogP contribution >= 0.6 is 15.9 Å². The first-order valence-electron chi connectivity index (χ1n) is 8.83. The number of nitrogens with one attached hydrogen (secondary N) is 2. The number of carbonyl (C=O) groups is 2. The van der Waals surface area contributed by atoms with Gasteiger partial charge in [-0.15, -0.1) is 0 Å². The average Bonchev–Trinajstić information content (AvgIpc) is 3.01. The van der Waals surface area contributed by atoms with Crippen LogP contribution in [0.3, 0.4) is 0 Å². The van der Waals surface area contributed by atoms with E-state index in [1.54, 1.807) is 0 Å². The SMILES string of the molecule is CCC(=O)NCCc1nc2ccccc2n1CC(=O)Nc1ccc(Br)cc1. The molecule has 0 saturated carbocycles. The summed E-state index contributed by atoms with van der Waals surface area (Å²) >= 11 is 3.38. The number of imidazole rings is 1. The fraction of sp³-hybridized carbons (Fsp3) is 0.250. The number of fused-ring (bicyclic) bond motifs is 1. The number of nitrogens with zero attached hydrogens (tertiary/aromatic N) is 2. The Labute approximate surface area is 166 Å². The van der Waals surface area contributed by atoms with Crippen molar-refractivity contribution in [1.29, 1.82) is 0 Å². The highest BCUT2D eigenvalue weighted by Gasteiger charge is 2.14. The number of halogens is 1. The number of amides is 2. The highest BCUT2D eigenvalue weighted by Crippen LogP contribution is 2.18. The molecule has 0 atom stereocenters. The van der Waals surface area contributed by atoms with Crippen molar-refractivity contribution in [3.8, 4) is 0 Å². The van der Waals surface area contributed by atoms with Gasteiger partial charge in [0, 0.05) is 29.5 Å². The van der Waals surface area contributed by atoms with Gasteiger partial charge in [-0.1, -0.05) is 35.0 Å². The fourth-order valence-corrected chi connectivity index (χ4v) is 3.07. The summed E-state index contributed by atoms with van der Waals surface area (Å²) in [6, 6.07) is 15.2. The van der Waals surface area contributed by atoms with Crippen molar-refractivity contribution in [2.75, 3.05) is 11.9 Å². The highest BCUT2D eigenvalue weighted by molar-refractivity contribution is 9.10. The van der Waals surface area contributed by atoms with Crippen LogP contribution in [0.5, 0.6) is 0 Å². The van der Waals surface area contributed by atoms with Gasteiger partial charge < -0.3 is 15.2 Å². The van der Waals surface area contributed by atoms with E-state index in [2.05, 4.69) is 31.5 Å². The Kier molecular flexibility index (Phi) is 6.24. The molecule has 0 saturated heterocycles. The van der Waals surface area contributed by atoms with Crippen molar-refractivity contribution < 1.29 is 9.59 Å². The van der Waals surface area contributed by atoms with Crippen molar-refractivity contribution in [3.05, 3.63) is 58.8 Å². The second-order valence-electron chi connectivity index (χ2n) is 6.11. The number of anilines is 1. The lowest BCUT2D eigenvalue weighted by Crippen LogP contribution is -2.26. The van der Waals surface area contributed by atoms with Crippen LogP contribution in [0.15, 0.2) is 53.0 Å². The number of benzene rings is 2. The van der Waals surface area contributed by atoms with Crippen LogP contribution in [0.25, 0.3) is 11.0 Å². The van der Waals surface area contributed by atoms with E-state index in [1.807, 2.05) is 60.0 Å². The zero-order valence-corrected chi connectivity index (χ0v) is 16.6. The molecule has 0 bridgehead atoms. The first kappa shape index (κ1) is 19.1. The standard InChI is InChI=1S/C20H21BrN4O2/c1-2-19(26)22-12-11-18-24-16-5-3-4-6-17(16)25(18)13-20(27)23-15-9-7-14(21)8-10-15/h3-10H,2,11-13H2,1H3,(H,22,26)(H,23,27). The first-order valence-corrected chi connectivity index (χ1v) is 9.62. The van der Waals surface area contributed by atoms with Gasteiger partial charge in [0.25, 0.3) is 0 Å². The molecule has 140 valence electrons. The molecule has 1 aromatic heterocycles. The van der Waals surface area contributed by atoms with E-state index in [0.717, 1.165) is 27.0 Å². The Hall–Kier alpha value is -2.67. The largest absolute Gasteiger partial charge is 0.356 e. The predicted molar refractivity (Wildman–Crippen MR) is 110 cm³/mol. The van der Waals surface area contributed by atoms with Gasteiger partial charge >= 0.3 is 0 Å². The molecule has 0 aliphatic rings. The van der Waals surface area contributed by atoms with E-state index in [0.29, 0.717) is 19.4 Å². The van der Waals surface area contributed by atoms with Crippen molar-refractivity contribution in [1.82, 2.24) is 14.9 Å². The van der Waals surface area contributed by atoms with E-state index in [4.69, 9.17) is 0 Å². The fourth-order valence-electron chi connectivity index (χ4n) is 2.81. The Morgan fingerprint density at radius 2 is 1.81 bits per heavy atom. The maximum atomic E-state index is 12.5. The summed E-state index contributed by atoms with van der Waals surface area (Å²) in [7, 11) is 0. The molecule has 2 aromatic carbocycles. The highest BCUT2D eigenvalue weighted by atomic mass is 79.9. The molecule has 27 heavy (non-hydrogen) atoms. The molecule has 0 aliphatic heterocycles. The summed E-state index contributed by atoms with van der Waals surface area (Å²) in [4.78, 5) is 28.6. The van der Waals surface area contributed by atoms with Gasteiger partial charge in [-0.3, -0.25) is 9.59 Å². The number of hydrogen-bond acceptors (Lipinski definition) is 3. The zero-order chi connectivity index (χ0) is 19.2. The topological polar surface area (TPSA) is 76.0 Å². The van der Waals surface area contributed by atoms with Crippen molar-refractivity contribution in [2.45, 2.75) is 26.3 Å². The Morgan fingerprint density at radius 1 is 1.07 bits per heavy atom. The van der Waals surface area contributed by atoms with Crippen LogP contribution in [0.4, 0.5) is 5.69 Å². The quantitative estimate of drug-likeness (QED) is 0.604. The number of rotatable bonds is 7. The molecule has 1 heterocycles. The zero-order valence-electron chi connectivity index (χ0n) is 15.0. The van der Waals surface area contributed by atoms with Crippen LogP contribution in [0, 0.1) is 0 Å². The normalized spacial score (nSPS) is 10.7. The molecule has 0 unspecified atom stereocenters. The molecule has 7 heteroatoms. The second kappa shape index (κ2) is 8.81. The molecular weight excluding hydrogens is 408 g/mol. The Balaban J connectivity index is 1.76. The van der Waals surface area contributed by atoms with E-state index < -0.39 is 0 Å². The van der Waals surface area contributed by atoms with Crippen LogP contribution in [-0.2, 0) is 22.6 Å². The van der Waals surface area contributed by atoms with Crippen molar-refractivity contribution >= 4 is 44.5 Å². The second-order valence-corrected chi connectivity index (χ2v) is 7.03. The third kappa shape index (κ3) is 4.95. The van der Waals surface area contributed by atoms with Gasteiger partial charge in [-0.2, -0.15) is 0 Å². The first-order chi connectivity index (χ1) is 13.1. The Bertz CT molecular complexity index is 950. The summed E-state index contributed by atoms with van der Waals surface area (Å²) in [6.45, 7) is 2.47. The molecule has 3 rings (SSSR count). The molecule has 6 nitrogen and oxygen atoms in total. The summed E-state index contributed by atoms with van der Waals surface area (Å²) in [6.07, 6.45) is 1.01. The lowest BCUT2D eigenvalue weighted by molar-refractivity contribution is -0.120. The third-order valence-electron chi connectivity index (χ3n) is 4.16. The number of aromatic nitrogens is 2. The molecule has 3 aromatic rings. The molecule has 0 radical (unpaired) electrons. The molecule has 2 amide bonds. The lowest BCUT2D eigenvalue weighted by Gasteiger charge is -2.11. The van der Waals surface area contributed by atoms with E-state index in [1.165, 1.54) is 0 Å². The maximum absolute atomic E-state index is 12.5. The summed E-state index contributed by atoms with van der Waals surface area (Å²) in [5.74, 6) is 0.656. The van der Waals surface area contributed by atoms with Gasteiger partial charge in [0.05, 0.1) is 11.0 Å².